The smallest absolute Gasteiger partial charge is 0.223 e. The normalized spacial score (nSPS) is 30.8. The van der Waals surface area contributed by atoms with Crippen LogP contribution >= 0.6 is 0 Å². The van der Waals surface area contributed by atoms with Crippen molar-refractivity contribution >= 4 is 5.91 Å². The van der Waals surface area contributed by atoms with Gasteiger partial charge in [0, 0.05) is 18.0 Å². The summed E-state index contributed by atoms with van der Waals surface area (Å²) in [7, 11) is 0. The van der Waals surface area contributed by atoms with Gasteiger partial charge in [-0.3, -0.25) is 4.79 Å². The number of nitrogens with two attached hydrogens (primary N) is 1. The Morgan fingerprint density at radius 1 is 1.16 bits per heavy atom. The SMILES string of the molecule is CCC(NC(=O)C1CCCC(N)C1)C1CCCCC1. The van der Waals surface area contributed by atoms with Gasteiger partial charge < -0.3 is 11.1 Å². The number of carbonyl (C=O) groups excluding carboxylic acids is 1. The zero-order chi connectivity index (χ0) is 13.7. The van der Waals surface area contributed by atoms with Crippen LogP contribution in [0.2, 0.25) is 0 Å². The second-order valence-corrected chi connectivity index (χ2v) is 6.55. The van der Waals surface area contributed by atoms with Crippen LogP contribution in [0, 0.1) is 11.8 Å². The number of rotatable bonds is 4. The first kappa shape index (κ1) is 14.8. The Labute approximate surface area is 117 Å². The van der Waals surface area contributed by atoms with Crippen molar-refractivity contribution < 1.29 is 4.79 Å². The molecule has 0 bridgehead atoms. The Morgan fingerprint density at radius 3 is 2.53 bits per heavy atom. The fourth-order valence-corrected chi connectivity index (χ4v) is 3.86. The summed E-state index contributed by atoms with van der Waals surface area (Å²) < 4.78 is 0. The summed E-state index contributed by atoms with van der Waals surface area (Å²) in [6.07, 6.45) is 11.8. The van der Waals surface area contributed by atoms with Gasteiger partial charge in [0.25, 0.3) is 0 Å². The zero-order valence-electron chi connectivity index (χ0n) is 12.4. The van der Waals surface area contributed by atoms with E-state index in [2.05, 4.69) is 12.2 Å². The average molecular weight is 266 g/mol. The summed E-state index contributed by atoms with van der Waals surface area (Å²) in [6, 6.07) is 0.630. The second-order valence-electron chi connectivity index (χ2n) is 6.55. The van der Waals surface area contributed by atoms with Crippen LogP contribution in [0.15, 0.2) is 0 Å². The van der Waals surface area contributed by atoms with Crippen molar-refractivity contribution in [1.29, 1.82) is 0 Å². The molecular formula is C16H30N2O. The molecule has 110 valence electrons. The molecule has 19 heavy (non-hydrogen) atoms. The fourth-order valence-electron chi connectivity index (χ4n) is 3.86. The van der Waals surface area contributed by atoms with Crippen molar-refractivity contribution in [2.75, 3.05) is 0 Å². The van der Waals surface area contributed by atoms with Crippen LogP contribution in [0.1, 0.15) is 71.1 Å². The fraction of sp³-hybridized carbons (Fsp3) is 0.938. The highest BCUT2D eigenvalue weighted by molar-refractivity contribution is 5.79. The molecule has 1 amide bonds. The second kappa shape index (κ2) is 7.28. The summed E-state index contributed by atoms with van der Waals surface area (Å²) in [4.78, 5) is 12.4. The lowest BCUT2D eigenvalue weighted by atomic mass is 9.81. The molecule has 3 nitrogen and oxygen atoms in total. The molecule has 3 N–H and O–H groups in total. The molecular weight excluding hydrogens is 236 g/mol. The van der Waals surface area contributed by atoms with E-state index in [1.807, 2.05) is 0 Å². The lowest BCUT2D eigenvalue weighted by Crippen LogP contribution is -2.45. The predicted molar refractivity (Wildman–Crippen MR) is 78.7 cm³/mol. The summed E-state index contributed by atoms with van der Waals surface area (Å²) in [5.74, 6) is 1.15. The topological polar surface area (TPSA) is 55.1 Å². The van der Waals surface area contributed by atoms with E-state index < -0.39 is 0 Å². The van der Waals surface area contributed by atoms with Crippen LogP contribution in [-0.2, 0) is 4.79 Å². The first-order chi connectivity index (χ1) is 9.20. The highest BCUT2D eigenvalue weighted by Gasteiger charge is 2.29. The van der Waals surface area contributed by atoms with Gasteiger partial charge in [0.2, 0.25) is 5.91 Å². The molecule has 3 heteroatoms. The molecule has 0 aromatic carbocycles. The van der Waals surface area contributed by atoms with Crippen molar-refractivity contribution in [1.82, 2.24) is 5.32 Å². The van der Waals surface area contributed by atoms with Crippen molar-refractivity contribution in [3.8, 4) is 0 Å². The molecule has 0 aliphatic heterocycles. The molecule has 0 spiro atoms. The number of nitrogens with one attached hydrogen (secondary N) is 1. The molecule has 2 fully saturated rings. The molecule has 0 saturated heterocycles. The Morgan fingerprint density at radius 2 is 1.89 bits per heavy atom. The largest absolute Gasteiger partial charge is 0.353 e. The van der Waals surface area contributed by atoms with Gasteiger partial charge in [-0.2, -0.15) is 0 Å². The maximum absolute atomic E-state index is 12.4. The quantitative estimate of drug-likeness (QED) is 0.822. The minimum Gasteiger partial charge on any atom is -0.353 e. The molecule has 0 radical (unpaired) electrons. The van der Waals surface area contributed by atoms with E-state index in [0.29, 0.717) is 12.0 Å². The van der Waals surface area contributed by atoms with Gasteiger partial charge in [-0.1, -0.05) is 32.6 Å². The lowest BCUT2D eigenvalue weighted by molar-refractivity contribution is -0.127. The molecule has 0 aromatic heterocycles. The van der Waals surface area contributed by atoms with Crippen LogP contribution in [0.3, 0.4) is 0 Å². The molecule has 3 atom stereocenters. The van der Waals surface area contributed by atoms with Crippen LogP contribution in [-0.4, -0.2) is 18.0 Å². The van der Waals surface area contributed by atoms with Crippen LogP contribution in [0.4, 0.5) is 0 Å². The third kappa shape index (κ3) is 4.20. The van der Waals surface area contributed by atoms with Crippen molar-refractivity contribution in [2.45, 2.75) is 83.2 Å². The molecule has 3 unspecified atom stereocenters. The maximum atomic E-state index is 12.4. The minimum atomic E-state index is 0.168. The number of carbonyl (C=O) groups is 1. The Kier molecular flexibility index (Phi) is 5.68. The standard InChI is InChI=1S/C16H30N2O/c1-2-15(12-7-4-3-5-8-12)18-16(19)13-9-6-10-14(17)11-13/h12-15H,2-11,17H2,1H3,(H,18,19). The molecule has 2 aliphatic rings. The number of hydrogen-bond acceptors (Lipinski definition) is 2. The van der Waals surface area contributed by atoms with Gasteiger partial charge in [0.05, 0.1) is 0 Å². The van der Waals surface area contributed by atoms with Crippen LogP contribution in [0.25, 0.3) is 0 Å². The molecule has 0 heterocycles. The van der Waals surface area contributed by atoms with Gasteiger partial charge in [-0.25, -0.2) is 0 Å². The van der Waals surface area contributed by atoms with E-state index in [0.717, 1.165) is 32.1 Å². The first-order valence-electron chi connectivity index (χ1n) is 8.26. The maximum Gasteiger partial charge on any atom is 0.223 e. The Balaban J connectivity index is 1.84. The summed E-state index contributed by atoms with van der Waals surface area (Å²) >= 11 is 0. The molecule has 0 aromatic rings. The summed E-state index contributed by atoms with van der Waals surface area (Å²) in [5.41, 5.74) is 5.99. The number of hydrogen-bond donors (Lipinski definition) is 2. The van der Waals surface area contributed by atoms with E-state index >= 15 is 0 Å². The van der Waals surface area contributed by atoms with Gasteiger partial charge in [0.15, 0.2) is 0 Å². The predicted octanol–water partition coefficient (Wildman–Crippen LogP) is 2.98. The third-order valence-corrected chi connectivity index (χ3v) is 5.07. The number of amides is 1. The third-order valence-electron chi connectivity index (χ3n) is 5.07. The van der Waals surface area contributed by atoms with Crippen molar-refractivity contribution in [3.63, 3.8) is 0 Å². The highest BCUT2D eigenvalue weighted by atomic mass is 16.1. The van der Waals surface area contributed by atoms with Crippen LogP contribution < -0.4 is 11.1 Å². The Hall–Kier alpha value is -0.570. The van der Waals surface area contributed by atoms with Gasteiger partial charge in [0.1, 0.15) is 0 Å². The van der Waals surface area contributed by atoms with Gasteiger partial charge >= 0.3 is 0 Å². The minimum absolute atomic E-state index is 0.168. The average Bonchev–Trinajstić information content (AvgIpc) is 2.45. The molecule has 2 rings (SSSR count). The van der Waals surface area contributed by atoms with E-state index in [4.69, 9.17) is 5.73 Å². The zero-order valence-corrected chi connectivity index (χ0v) is 12.4. The van der Waals surface area contributed by atoms with E-state index in [1.54, 1.807) is 0 Å². The Bertz CT molecular complexity index is 286. The van der Waals surface area contributed by atoms with Crippen molar-refractivity contribution in [2.24, 2.45) is 17.6 Å². The summed E-state index contributed by atoms with van der Waals surface area (Å²) in [6.45, 7) is 2.20. The van der Waals surface area contributed by atoms with E-state index in [1.165, 1.54) is 32.1 Å². The summed E-state index contributed by atoms with van der Waals surface area (Å²) in [5, 5.41) is 3.33. The molecule has 2 aliphatic carbocycles. The van der Waals surface area contributed by atoms with Crippen LogP contribution in [0.5, 0.6) is 0 Å². The monoisotopic (exact) mass is 266 g/mol. The van der Waals surface area contributed by atoms with Gasteiger partial charge in [-0.15, -0.1) is 0 Å². The molecule has 2 saturated carbocycles. The highest BCUT2D eigenvalue weighted by Crippen LogP contribution is 2.29. The first-order valence-corrected chi connectivity index (χ1v) is 8.26. The van der Waals surface area contributed by atoms with E-state index in [-0.39, 0.29) is 17.9 Å². The van der Waals surface area contributed by atoms with E-state index in [9.17, 15) is 4.79 Å². The van der Waals surface area contributed by atoms with Crippen molar-refractivity contribution in [3.05, 3.63) is 0 Å². The van der Waals surface area contributed by atoms with Gasteiger partial charge in [-0.05, 0) is 44.4 Å². The lowest BCUT2D eigenvalue weighted by Gasteiger charge is -2.33.